The molecule has 2 aliphatic heterocycles. The van der Waals surface area contributed by atoms with E-state index >= 15 is 0 Å². The van der Waals surface area contributed by atoms with Crippen LogP contribution in [0.15, 0.2) is 18.5 Å². The van der Waals surface area contributed by atoms with Gasteiger partial charge in [0.1, 0.15) is 5.82 Å². The first-order chi connectivity index (χ1) is 8.74. The molecule has 2 fully saturated rings. The van der Waals surface area contributed by atoms with Crippen molar-refractivity contribution in [1.82, 2.24) is 9.88 Å². The predicted octanol–water partition coefficient (Wildman–Crippen LogP) is 2.28. The third kappa shape index (κ3) is 2.21. The molecule has 0 N–H and O–H groups in total. The molecule has 3 nitrogen and oxygen atoms in total. The van der Waals surface area contributed by atoms with E-state index in [4.69, 9.17) is 0 Å². The van der Waals surface area contributed by atoms with Crippen molar-refractivity contribution < 1.29 is 4.39 Å². The van der Waals surface area contributed by atoms with Crippen LogP contribution in [0.2, 0.25) is 0 Å². The maximum absolute atomic E-state index is 13.3. The number of piperazine rings is 1. The van der Waals surface area contributed by atoms with Gasteiger partial charge in [0.2, 0.25) is 0 Å². The minimum Gasteiger partial charge on any atom is -0.365 e. The van der Waals surface area contributed by atoms with E-state index in [1.165, 1.54) is 32.0 Å². The minimum absolute atomic E-state index is 0.245. The Balaban J connectivity index is 1.80. The van der Waals surface area contributed by atoms with E-state index in [1.807, 2.05) is 0 Å². The van der Waals surface area contributed by atoms with E-state index in [1.54, 1.807) is 12.3 Å². The molecule has 2 atom stereocenters. The average molecular weight is 249 g/mol. The Morgan fingerprint density at radius 2 is 2.17 bits per heavy atom. The Morgan fingerprint density at radius 1 is 1.28 bits per heavy atom. The van der Waals surface area contributed by atoms with Crippen molar-refractivity contribution >= 4 is 5.69 Å². The minimum atomic E-state index is -0.245. The van der Waals surface area contributed by atoms with E-state index in [-0.39, 0.29) is 5.82 Å². The second-order valence-electron chi connectivity index (χ2n) is 5.51. The fourth-order valence-electron chi connectivity index (χ4n) is 3.27. The predicted molar refractivity (Wildman–Crippen MR) is 70.2 cm³/mol. The van der Waals surface area contributed by atoms with Crippen molar-refractivity contribution in [2.45, 2.75) is 38.3 Å². The monoisotopic (exact) mass is 249 g/mol. The second kappa shape index (κ2) is 4.84. The summed E-state index contributed by atoms with van der Waals surface area (Å²) in [6.07, 6.45) is 6.96. The van der Waals surface area contributed by atoms with Gasteiger partial charge < -0.3 is 4.90 Å². The van der Waals surface area contributed by atoms with Crippen LogP contribution in [0, 0.1) is 5.82 Å². The van der Waals surface area contributed by atoms with Gasteiger partial charge in [-0.1, -0.05) is 6.42 Å². The molecule has 0 aliphatic carbocycles. The number of anilines is 1. The highest BCUT2D eigenvalue weighted by Gasteiger charge is 2.33. The summed E-state index contributed by atoms with van der Waals surface area (Å²) in [4.78, 5) is 8.87. The summed E-state index contributed by atoms with van der Waals surface area (Å²) in [6, 6.07) is 2.67. The zero-order valence-electron chi connectivity index (χ0n) is 10.8. The number of halogens is 1. The van der Waals surface area contributed by atoms with Crippen LogP contribution in [0.25, 0.3) is 0 Å². The molecule has 18 heavy (non-hydrogen) atoms. The lowest BCUT2D eigenvalue weighted by Crippen LogP contribution is -2.58. The van der Waals surface area contributed by atoms with Crippen LogP contribution >= 0.6 is 0 Å². The Bertz CT molecular complexity index is 423. The molecule has 2 unspecified atom stereocenters. The van der Waals surface area contributed by atoms with Gasteiger partial charge in [-0.25, -0.2) is 4.39 Å². The summed E-state index contributed by atoms with van der Waals surface area (Å²) >= 11 is 0. The topological polar surface area (TPSA) is 19.4 Å². The summed E-state index contributed by atoms with van der Waals surface area (Å²) in [6.45, 7) is 5.54. The number of rotatable bonds is 1. The van der Waals surface area contributed by atoms with E-state index < -0.39 is 0 Å². The van der Waals surface area contributed by atoms with Crippen LogP contribution in [0.1, 0.15) is 26.2 Å². The molecule has 1 aromatic rings. The van der Waals surface area contributed by atoms with Gasteiger partial charge in [0.05, 0.1) is 18.1 Å². The number of nitrogens with zero attached hydrogens (tertiary/aromatic N) is 3. The fraction of sp³-hybridized carbons (Fsp3) is 0.643. The first-order valence-electron chi connectivity index (χ1n) is 6.85. The zero-order valence-corrected chi connectivity index (χ0v) is 10.8. The number of piperidine rings is 1. The first kappa shape index (κ1) is 11.9. The number of fused-ring (bicyclic) bond motifs is 1. The molecule has 0 amide bonds. The summed E-state index contributed by atoms with van der Waals surface area (Å²) < 4.78 is 13.3. The van der Waals surface area contributed by atoms with Gasteiger partial charge >= 0.3 is 0 Å². The molecular weight excluding hydrogens is 229 g/mol. The third-order valence-electron chi connectivity index (χ3n) is 4.21. The van der Waals surface area contributed by atoms with Crippen LogP contribution in [0.5, 0.6) is 0 Å². The molecule has 0 spiro atoms. The molecule has 98 valence electrons. The van der Waals surface area contributed by atoms with Crippen molar-refractivity contribution in [2.24, 2.45) is 0 Å². The van der Waals surface area contributed by atoms with Crippen molar-refractivity contribution in [1.29, 1.82) is 0 Å². The molecule has 0 saturated carbocycles. The molecule has 0 bridgehead atoms. The van der Waals surface area contributed by atoms with E-state index in [0.29, 0.717) is 12.1 Å². The highest BCUT2D eigenvalue weighted by atomic mass is 19.1. The Morgan fingerprint density at radius 3 is 3.00 bits per heavy atom. The quantitative estimate of drug-likeness (QED) is 0.761. The summed E-state index contributed by atoms with van der Waals surface area (Å²) in [5.74, 6) is -0.245. The first-order valence-corrected chi connectivity index (χ1v) is 6.85. The molecule has 3 heterocycles. The van der Waals surface area contributed by atoms with Gasteiger partial charge in [-0.2, -0.15) is 0 Å². The molecule has 2 saturated heterocycles. The van der Waals surface area contributed by atoms with E-state index in [9.17, 15) is 4.39 Å². The lowest BCUT2D eigenvalue weighted by Gasteiger charge is -2.48. The van der Waals surface area contributed by atoms with Crippen molar-refractivity contribution in [3.05, 3.63) is 24.3 Å². The summed E-state index contributed by atoms with van der Waals surface area (Å²) in [5.41, 5.74) is 0.924. The normalized spacial score (nSPS) is 29.1. The SMILES string of the molecule is CC1CN2CCCCC2CN1c1cncc(F)c1. The van der Waals surface area contributed by atoms with E-state index in [2.05, 4.69) is 21.7 Å². The summed E-state index contributed by atoms with van der Waals surface area (Å²) in [5, 5.41) is 0. The number of aromatic nitrogens is 1. The van der Waals surface area contributed by atoms with Crippen LogP contribution in [0.3, 0.4) is 0 Å². The number of hydrogen-bond donors (Lipinski definition) is 0. The average Bonchev–Trinajstić information content (AvgIpc) is 2.38. The van der Waals surface area contributed by atoms with Gasteiger partial charge in [0.25, 0.3) is 0 Å². The van der Waals surface area contributed by atoms with Gasteiger partial charge in [-0.05, 0) is 26.3 Å². The van der Waals surface area contributed by atoms with Crippen LogP contribution in [-0.2, 0) is 0 Å². The summed E-state index contributed by atoms with van der Waals surface area (Å²) in [7, 11) is 0. The van der Waals surface area contributed by atoms with Gasteiger partial charge in [0, 0.05) is 31.2 Å². The van der Waals surface area contributed by atoms with Crippen molar-refractivity contribution in [3.8, 4) is 0 Å². The van der Waals surface area contributed by atoms with Gasteiger partial charge in [-0.3, -0.25) is 9.88 Å². The molecule has 1 aromatic heterocycles. The van der Waals surface area contributed by atoms with Crippen molar-refractivity contribution in [2.75, 3.05) is 24.5 Å². The maximum Gasteiger partial charge on any atom is 0.143 e. The second-order valence-corrected chi connectivity index (χ2v) is 5.51. The Labute approximate surface area is 108 Å². The van der Waals surface area contributed by atoms with Crippen LogP contribution < -0.4 is 4.90 Å². The lowest BCUT2D eigenvalue weighted by molar-refractivity contribution is 0.115. The molecule has 3 rings (SSSR count). The lowest BCUT2D eigenvalue weighted by atomic mass is 9.97. The fourth-order valence-corrected chi connectivity index (χ4v) is 3.27. The highest BCUT2D eigenvalue weighted by molar-refractivity contribution is 5.46. The Hall–Kier alpha value is -1.16. The van der Waals surface area contributed by atoms with Crippen LogP contribution in [-0.4, -0.2) is 41.6 Å². The largest absolute Gasteiger partial charge is 0.365 e. The molecule has 2 aliphatic rings. The van der Waals surface area contributed by atoms with E-state index in [0.717, 1.165) is 18.8 Å². The van der Waals surface area contributed by atoms with Gasteiger partial charge in [-0.15, -0.1) is 0 Å². The maximum atomic E-state index is 13.3. The van der Waals surface area contributed by atoms with Gasteiger partial charge in [0.15, 0.2) is 0 Å². The van der Waals surface area contributed by atoms with Crippen LogP contribution in [0.4, 0.5) is 10.1 Å². The Kier molecular flexibility index (Phi) is 3.20. The molecule has 0 aromatic carbocycles. The van der Waals surface area contributed by atoms with Crippen molar-refractivity contribution in [3.63, 3.8) is 0 Å². The smallest absolute Gasteiger partial charge is 0.143 e. The number of pyridine rings is 1. The highest BCUT2D eigenvalue weighted by Crippen LogP contribution is 2.27. The zero-order chi connectivity index (χ0) is 12.5. The molecule has 4 heteroatoms. The number of hydrogen-bond acceptors (Lipinski definition) is 3. The molecular formula is C14H20FN3. The molecule has 0 radical (unpaired) electrons. The third-order valence-corrected chi connectivity index (χ3v) is 4.21. The standard InChI is InChI=1S/C14H20FN3/c1-11-9-17-5-3-2-4-13(17)10-18(11)14-6-12(15)7-16-8-14/h6-8,11,13H,2-5,9-10H2,1H3.